The van der Waals surface area contributed by atoms with Gasteiger partial charge in [-0.25, -0.2) is 0 Å². The summed E-state index contributed by atoms with van der Waals surface area (Å²) in [7, 11) is 0. The summed E-state index contributed by atoms with van der Waals surface area (Å²) in [5.41, 5.74) is 0. The number of rotatable bonds is 43. The summed E-state index contributed by atoms with van der Waals surface area (Å²) in [6.45, 7) is 6.30. The number of hydrogen-bond donors (Lipinski definition) is 0. The molecule has 0 bridgehead atoms. The smallest absolute Gasteiger partial charge is 0.306 e. The van der Waals surface area contributed by atoms with Gasteiger partial charge in [0.2, 0.25) is 0 Å². The van der Waals surface area contributed by atoms with Gasteiger partial charge in [0.25, 0.3) is 0 Å². The summed E-state index contributed by atoms with van der Waals surface area (Å²) in [5, 5.41) is 0. The van der Waals surface area contributed by atoms with Crippen LogP contribution in [0.15, 0.2) is 97.2 Å². The van der Waals surface area contributed by atoms with E-state index < -0.39 is 6.10 Å². The fourth-order valence-corrected chi connectivity index (χ4v) is 6.49. The highest BCUT2D eigenvalue weighted by molar-refractivity contribution is 5.71. The first-order valence-electron chi connectivity index (χ1n) is 24.8. The van der Waals surface area contributed by atoms with E-state index >= 15 is 0 Å². The fourth-order valence-electron chi connectivity index (χ4n) is 6.49. The van der Waals surface area contributed by atoms with Crippen LogP contribution in [0.4, 0.5) is 0 Å². The van der Waals surface area contributed by atoms with E-state index in [-0.39, 0.29) is 37.5 Å². The number of allylic oxidation sites excluding steroid dienone is 16. The lowest BCUT2D eigenvalue weighted by Gasteiger charge is -2.18. The van der Waals surface area contributed by atoms with Gasteiger partial charge in [0.15, 0.2) is 6.10 Å². The Hall–Kier alpha value is -3.67. The Kier molecular flexibility index (Phi) is 46.0. The minimum Gasteiger partial charge on any atom is -0.462 e. The Balaban J connectivity index is 4.52. The second-order valence-electron chi connectivity index (χ2n) is 16.0. The highest BCUT2D eigenvalue weighted by Crippen LogP contribution is 2.14. The quantitative estimate of drug-likeness (QED) is 0.0200. The molecule has 0 fully saturated rings. The molecule has 1 unspecified atom stereocenters. The predicted octanol–water partition coefficient (Wildman–Crippen LogP) is 16.2. The summed E-state index contributed by atoms with van der Waals surface area (Å²) >= 11 is 0. The number of unbranched alkanes of at least 4 members (excludes halogenated alkanes) is 18. The molecule has 0 aliphatic rings. The van der Waals surface area contributed by atoms with Gasteiger partial charge in [-0.1, -0.05) is 221 Å². The van der Waals surface area contributed by atoms with Gasteiger partial charge < -0.3 is 14.2 Å². The van der Waals surface area contributed by atoms with Crippen molar-refractivity contribution in [2.45, 2.75) is 219 Å². The van der Waals surface area contributed by atoms with E-state index in [1.807, 2.05) is 12.2 Å². The summed E-state index contributed by atoms with van der Waals surface area (Å²) in [5.74, 6) is -1.02. The SMILES string of the molecule is CC/C=C/C=C/C=C/CCCCCCCC(=O)OCC(COC(=O)CC/C=C/C/C=C/C/C=C/C/C=C/C/C=C/CC)OC(=O)CCCCCCCCCCCCCCCC. The molecule has 0 saturated carbocycles. The first-order chi connectivity index (χ1) is 30.0. The molecule has 0 aliphatic heterocycles. The van der Waals surface area contributed by atoms with Gasteiger partial charge in [0.05, 0.1) is 0 Å². The fraction of sp³-hybridized carbons (Fsp3) is 0.655. The van der Waals surface area contributed by atoms with Crippen LogP contribution in [-0.2, 0) is 28.6 Å². The Bertz CT molecular complexity index is 1250. The van der Waals surface area contributed by atoms with Crippen molar-refractivity contribution >= 4 is 17.9 Å². The average molecular weight is 847 g/mol. The van der Waals surface area contributed by atoms with Crippen molar-refractivity contribution in [1.82, 2.24) is 0 Å². The molecular weight excluding hydrogens is 757 g/mol. The highest BCUT2D eigenvalue weighted by Gasteiger charge is 2.19. The summed E-state index contributed by atoms with van der Waals surface area (Å²) in [4.78, 5) is 37.9. The van der Waals surface area contributed by atoms with Crippen LogP contribution in [0.25, 0.3) is 0 Å². The molecule has 6 nitrogen and oxygen atoms in total. The molecular formula is C55H90O6. The van der Waals surface area contributed by atoms with Gasteiger partial charge in [-0.3, -0.25) is 14.4 Å². The molecule has 61 heavy (non-hydrogen) atoms. The largest absolute Gasteiger partial charge is 0.462 e. The van der Waals surface area contributed by atoms with E-state index in [0.29, 0.717) is 19.3 Å². The molecule has 0 saturated heterocycles. The summed E-state index contributed by atoms with van der Waals surface area (Å²) < 4.78 is 16.7. The maximum Gasteiger partial charge on any atom is 0.306 e. The van der Waals surface area contributed by atoms with Gasteiger partial charge in [-0.05, 0) is 70.6 Å². The molecule has 0 aromatic carbocycles. The number of carbonyl (C=O) groups is 3. The standard InChI is InChI=1S/C55H90O6/c1-4-7-10-13-16-19-22-25-27-28-31-33-36-39-42-45-48-54(57)60-51-52(50-59-53(56)47-44-41-38-35-32-29-24-21-18-15-12-9-6-3)61-55(58)49-46-43-40-37-34-30-26-23-20-17-14-11-8-5-2/h7,9-10,12,15-16,18-19,21,24-25,27,31,33,39,42,52H,4-6,8,11,13-14,17,20,22-23,26,28-30,32,34-38,40-41,43-51H2,1-3H3/b10-7+,12-9+,18-15+,19-16+,24-21+,27-25+,33-31+,42-39+. The van der Waals surface area contributed by atoms with Gasteiger partial charge in [0.1, 0.15) is 13.2 Å². The zero-order valence-electron chi connectivity index (χ0n) is 39.4. The van der Waals surface area contributed by atoms with Crippen molar-refractivity contribution in [3.63, 3.8) is 0 Å². The molecule has 0 heterocycles. The minimum atomic E-state index is -0.814. The van der Waals surface area contributed by atoms with Crippen LogP contribution in [0, 0.1) is 0 Å². The molecule has 0 amide bonds. The highest BCUT2D eigenvalue weighted by atomic mass is 16.6. The second kappa shape index (κ2) is 49.0. The molecule has 6 heteroatoms. The Labute approximate surface area is 375 Å². The molecule has 346 valence electrons. The molecule has 0 rings (SSSR count). The lowest BCUT2D eigenvalue weighted by Crippen LogP contribution is -2.30. The van der Waals surface area contributed by atoms with Crippen LogP contribution < -0.4 is 0 Å². The van der Waals surface area contributed by atoms with E-state index in [0.717, 1.165) is 96.3 Å². The van der Waals surface area contributed by atoms with Crippen molar-refractivity contribution in [3.05, 3.63) is 97.2 Å². The zero-order valence-corrected chi connectivity index (χ0v) is 39.4. The van der Waals surface area contributed by atoms with E-state index in [2.05, 4.69) is 106 Å². The molecule has 0 spiro atoms. The van der Waals surface area contributed by atoms with Crippen LogP contribution in [0.1, 0.15) is 213 Å². The van der Waals surface area contributed by atoms with Crippen molar-refractivity contribution in [2.75, 3.05) is 13.2 Å². The number of hydrogen-bond acceptors (Lipinski definition) is 6. The number of carbonyl (C=O) groups excluding carboxylic acids is 3. The van der Waals surface area contributed by atoms with Crippen LogP contribution in [0.3, 0.4) is 0 Å². The molecule has 0 aromatic heterocycles. The normalized spacial score (nSPS) is 12.9. The third-order valence-corrected chi connectivity index (χ3v) is 10.2. The second-order valence-corrected chi connectivity index (χ2v) is 16.0. The number of esters is 3. The molecule has 0 N–H and O–H groups in total. The van der Waals surface area contributed by atoms with Crippen molar-refractivity contribution in [3.8, 4) is 0 Å². The van der Waals surface area contributed by atoms with E-state index in [4.69, 9.17) is 14.2 Å². The first-order valence-corrected chi connectivity index (χ1v) is 24.8. The number of ether oxygens (including phenoxy) is 3. The van der Waals surface area contributed by atoms with Gasteiger partial charge in [0, 0.05) is 19.3 Å². The Morgan fingerprint density at radius 2 is 0.754 bits per heavy atom. The summed E-state index contributed by atoms with van der Waals surface area (Å²) in [6, 6.07) is 0. The van der Waals surface area contributed by atoms with E-state index in [1.54, 1.807) is 0 Å². The maximum absolute atomic E-state index is 12.8. The third kappa shape index (κ3) is 47.2. The molecule has 0 radical (unpaired) electrons. The average Bonchev–Trinajstić information content (AvgIpc) is 3.26. The third-order valence-electron chi connectivity index (χ3n) is 10.2. The van der Waals surface area contributed by atoms with Gasteiger partial charge >= 0.3 is 17.9 Å². The topological polar surface area (TPSA) is 78.9 Å². The van der Waals surface area contributed by atoms with Gasteiger partial charge in [-0.2, -0.15) is 0 Å². The maximum atomic E-state index is 12.8. The van der Waals surface area contributed by atoms with Crippen molar-refractivity contribution in [2.24, 2.45) is 0 Å². The molecule has 0 aliphatic carbocycles. The van der Waals surface area contributed by atoms with Crippen LogP contribution in [-0.4, -0.2) is 37.2 Å². The Morgan fingerprint density at radius 1 is 0.361 bits per heavy atom. The van der Waals surface area contributed by atoms with Crippen LogP contribution in [0.5, 0.6) is 0 Å². The van der Waals surface area contributed by atoms with Crippen molar-refractivity contribution < 1.29 is 28.6 Å². The van der Waals surface area contributed by atoms with Gasteiger partial charge in [-0.15, -0.1) is 0 Å². The lowest BCUT2D eigenvalue weighted by atomic mass is 10.0. The Morgan fingerprint density at radius 3 is 1.25 bits per heavy atom. The minimum absolute atomic E-state index is 0.111. The van der Waals surface area contributed by atoms with E-state index in [1.165, 1.54) is 70.6 Å². The molecule has 1 atom stereocenters. The van der Waals surface area contributed by atoms with Crippen LogP contribution >= 0.6 is 0 Å². The summed E-state index contributed by atoms with van der Waals surface area (Å²) in [6.07, 6.45) is 64.0. The van der Waals surface area contributed by atoms with Crippen molar-refractivity contribution in [1.29, 1.82) is 0 Å². The predicted molar refractivity (Wildman–Crippen MR) is 260 cm³/mol. The van der Waals surface area contributed by atoms with E-state index in [9.17, 15) is 14.4 Å². The van der Waals surface area contributed by atoms with Crippen LogP contribution in [0.2, 0.25) is 0 Å². The lowest BCUT2D eigenvalue weighted by molar-refractivity contribution is -0.166. The monoisotopic (exact) mass is 847 g/mol. The zero-order chi connectivity index (χ0) is 44.4. The molecule has 0 aromatic rings. The first kappa shape index (κ1) is 57.3.